The van der Waals surface area contributed by atoms with Gasteiger partial charge in [-0.15, -0.1) is 11.3 Å². The molecule has 130 valence electrons. The first kappa shape index (κ1) is 16.7. The highest BCUT2D eigenvalue weighted by atomic mass is 35.5. The van der Waals surface area contributed by atoms with Crippen molar-refractivity contribution in [2.24, 2.45) is 0 Å². The molecule has 2 N–H and O–H groups in total. The van der Waals surface area contributed by atoms with Crippen LogP contribution in [0.3, 0.4) is 0 Å². The molecule has 0 aliphatic heterocycles. The number of anilines is 1. The Labute approximate surface area is 156 Å². The van der Waals surface area contributed by atoms with Crippen LogP contribution < -0.4 is 5.32 Å². The van der Waals surface area contributed by atoms with Crippen LogP contribution in [0.4, 0.5) is 5.69 Å². The molecule has 1 aliphatic carbocycles. The highest BCUT2D eigenvalue weighted by molar-refractivity contribution is 7.19. The number of aryl methyl sites for hydroxylation is 4. The Morgan fingerprint density at radius 3 is 2.80 bits per heavy atom. The number of aromatic amines is 1. The van der Waals surface area contributed by atoms with Crippen LogP contribution in [0, 0.1) is 13.8 Å². The lowest BCUT2D eigenvalue weighted by molar-refractivity contribution is 0.102. The Bertz CT molecular complexity index is 970. The van der Waals surface area contributed by atoms with E-state index in [1.807, 2.05) is 26.0 Å². The molecule has 3 aromatic rings. The zero-order valence-corrected chi connectivity index (χ0v) is 16.0. The van der Waals surface area contributed by atoms with Crippen molar-refractivity contribution >= 4 is 44.7 Å². The molecule has 2 heterocycles. The molecule has 0 unspecified atom stereocenters. The summed E-state index contributed by atoms with van der Waals surface area (Å²) in [5.74, 6) is -0.0504. The van der Waals surface area contributed by atoms with E-state index in [2.05, 4.69) is 10.3 Å². The van der Waals surface area contributed by atoms with E-state index in [-0.39, 0.29) is 5.91 Å². The lowest BCUT2D eigenvalue weighted by Crippen LogP contribution is -2.13. The second-order valence-corrected chi connectivity index (χ2v) is 8.45. The average molecular weight is 373 g/mol. The van der Waals surface area contributed by atoms with Crippen molar-refractivity contribution in [1.82, 2.24) is 4.98 Å². The quantitative estimate of drug-likeness (QED) is 0.530. The molecule has 0 radical (unpaired) electrons. The summed E-state index contributed by atoms with van der Waals surface area (Å²) in [5.41, 5.74) is 6.33. The minimum atomic E-state index is -0.0504. The number of fused-ring (bicyclic) bond motifs is 3. The fourth-order valence-corrected chi connectivity index (χ4v) is 5.16. The maximum Gasteiger partial charge on any atom is 0.258 e. The molecule has 2 aromatic heterocycles. The number of thiophene rings is 1. The van der Waals surface area contributed by atoms with Crippen molar-refractivity contribution in [3.63, 3.8) is 0 Å². The van der Waals surface area contributed by atoms with Crippen LogP contribution in [0.1, 0.15) is 51.3 Å². The molecule has 0 atom stereocenters. The predicted molar refractivity (Wildman–Crippen MR) is 106 cm³/mol. The van der Waals surface area contributed by atoms with Crippen molar-refractivity contribution in [2.45, 2.75) is 46.0 Å². The van der Waals surface area contributed by atoms with Gasteiger partial charge in [0.1, 0.15) is 0 Å². The Balaban J connectivity index is 1.73. The molecule has 0 saturated carbocycles. The molecule has 0 spiro atoms. The summed E-state index contributed by atoms with van der Waals surface area (Å²) >= 11 is 7.75. The van der Waals surface area contributed by atoms with E-state index < -0.39 is 0 Å². The van der Waals surface area contributed by atoms with Crippen molar-refractivity contribution in [2.75, 3.05) is 5.32 Å². The summed E-state index contributed by atoms with van der Waals surface area (Å²) in [6, 6.07) is 5.53. The van der Waals surface area contributed by atoms with Crippen LogP contribution in [0.15, 0.2) is 18.2 Å². The van der Waals surface area contributed by atoms with Gasteiger partial charge >= 0.3 is 0 Å². The number of aromatic nitrogens is 1. The minimum Gasteiger partial charge on any atom is -0.357 e. The maximum atomic E-state index is 13.0. The van der Waals surface area contributed by atoms with E-state index in [1.54, 1.807) is 17.4 Å². The lowest BCUT2D eigenvalue weighted by Gasteiger charge is -2.09. The number of amides is 1. The number of hydrogen-bond acceptors (Lipinski definition) is 2. The van der Waals surface area contributed by atoms with Gasteiger partial charge < -0.3 is 10.3 Å². The SMILES string of the molecule is Cc1cc(Cl)ccc1NC(=O)c1c(C)sc2c3c([nH]c12)CCCCC3. The van der Waals surface area contributed by atoms with Crippen LogP contribution in [0.2, 0.25) is 5.02 Å². The van der Waals surface area contributed by atoms with Crippen LogP contribution in [-0.4, -0.2) is 10.9 Å². The fraction of sp³-hybridized carbons (Fsp3) is 0.350. The molecular formula is C20H21ClN2OS. The van der Waals surface area contributed by atoms with Crippen molar-refractivity contribution in [1.29, 1.82) is 0 Å². The highest BCUT2D eigenvalue weighted by Gasteiger charge is 2.23. The third kappa shape index (κ3) is 2.98. The number of rotatable bonds is 2. The van der Waals surface area contributed by atoms with Crippen LogP contribution in [0.5, 0.6) is 0 Å². The summed E-state index contributed by atoms with van der Waals surface area (Å²) < 4.78 is 1.27. The highest BCUT2D eigenvalue weighted by Crippen LogP contribution is 2.38. The standard InChI is InChI=1S/C20H21ClN2OS/c1-11-10-13(21)8-9-15(11)23-20(24)17-12(2)25-19-14-6-4-3-5-7-16(14)22-18(17)19/h8-10,22H,3-7H2,1-2H3,(H,23,24). The maximum absolute atomic E-state index is 13.0. The average Bonchev–Trinajstić information content (AvgIpc) is 2.94. The Hall–Kier alpha value is -1.78. The fourth-order valence-electron chi connectivity index (χ4n) is 3.72. The lowest BCUT2D eigenvalue weighted by atomic mass is 10.1. The smallest absolute Gasteiger partial charge is 0.258 e. The molecule has 0 bridgehead atoms. The van der Waals surface area contributed by atoms with Gasteiger partial charge in [0.15, 0.2) is 0 Å². The molecule has 0 saturated heterocycles. The van der Waals surface area contributed by atoms with Gasteiger partial charge in [-0.25, -0.2) is 0 Å². The second kappa shape index (κ2) is 6.50. The molecule has 0 fully saturated rings. The summed E-state index contributed by atoms with van der Waals surface area (Å²) in [4.78, 5) is 17.6. The normalized spacial score (nSPS) is 14.4. The monoisotopic (exact) mass is 372 g/mol. The summed E-state index contributed by atoms with van der Waals surface area (Å²) in [7, 11) is 0. The van der Waals surface area contributed by atoms with Gasteiger partial charge in [-0.2, -0.15) is 0 Å². The zero-order valence-electron chi connectivity index (χ0n) is 14.5. The molecule has 25 heavy (non-hydrogen) atoms. The Morgan fingerprint density at radius 2 is 2.00 bits per heavy atom. The van der Waals surface area contributed by atoms with Crippen LogP contribution >= 0.6 is 22.9 Å². The van der Waals surface area contributed by atoms with Crippen molar-refractivity contribution < 1.29 is 4.79 Å². The van der Waals surface area contributed by atoms with Crippen LogP contribution in [-0.2, 0) is 12.8 Å². The van der Waals surface area contributed by atoms with E-state index in [0.29, 0.717) is 5.02 Å². The number of benzene rings is 1. The van der Waals surface area contributed by atoms with E-state index in [0.717, 1.165) is 40.0 Å². The van der Waals surface area contributed by atoms with E-state index in [9.17, 15) is 4.79 Å². The third-order valence-electron chi connectivity index (χ3n) is 5.02. The molecule has 1 aliphatic rings. The van der Waals surface area contributed by atoms with Gasteiger partial charge in [-0.05, 0) is 68.9 Å². The van der Waals surface area contributed by atoms with Crippen LogP contribution in [0.25, 0.3) is 10.2 Å². The summed E-state index contributed by atoms with van der Waals surface area (Å²) in [6.07, 6.45) is 5.96. The van der Waals surface area contributed by atoms with Gasteiger partial charge in [0.25, 0.3) is 5.91 Å². The van der Waals surface area contributed by atoms with Gasteiger partial charge in [-0.1, -0.05) is 18.0 Å². The topological polar surface area (TPSA) is 44.9 Å². The second-order valence-electron chi connectivity index (χ2n) is 6.79. The van der Waals surface area contributed by atoms with Gasteiger partial charge in [0.05, 0.1) is 15.8 Å². The van der Waals surface area contributed by atoms with E-state index in [1.165, 1.54) is 35.2 Å². The molecule has 4 rings (SSSR count). The molecule has 5 heteroatoms. The summed E-state index contributed by atoms with van der Waals surface area (Å²) in [6.45, 7) is 3.99. The first-order valence-corrected chi connectivity index (χ1v) is 9.94. The van der Waals surface area contributed by atoms with E-state index >= 15 is 0 Å². The Morgan fingerprint density at radius 1 is 1.20 bits per heavy atom. The number of nitrogens with one attached hydrogen (secondary N) is 2. The molecule has 3 nitrogen and oxygen atoms in total. The zero-order chi connectivity index (χ0) is 17.6. The molecule has 1 aromatic carbocycles. The molecule has 1 amide bonds. The van der Waals surface area contributed by atoms with Gasteiger partial charge in [-0.3, -0.25) is 4.79 Å². The van der Waals surface area contributed by atoms with Crippen molar-refractivity contribution in [3.8, 4) is 0 Å². The third-order valence-corrected chi connectivity index (χ3v) is 6.42. The number of H-pyrrole nitrogens is 1. The predicted octanol–water partition coefficient (Wildman–Crippen LogP) is 6.02. The van der Waals surface area contributed by atoms with Gasteiger partial charge in [0.2, 0.25) is 0 Å². The number of carbonyl (C=O) groups excluding carboxylic acids is 1. The first-order valence-electron chi connectivity index (χ1n) is 8.75. The number of halogens is 1. The number of carbonyl (C=O) groups is 1. The summed E-state index contributed by atoms with van der Waals surface area (Å²) in [5, 5.41) is 3.73. The number of hydrogen-bond donors (Lipinski definition) is 2. The minimum absolute atomic E-state index is 0.0504. The largest absolute Gasteiger partial charge is 0.357 e. The van der Waals surface area contributed by atoms with Crippen molar-refractivity contribution in [3.05, 3.63) is 50.5 Å². The Kier molecular flexibility index (Phi) is 4.34. The first-order chi connectivity index (χ1) is 12.0. The van der Waals surface area contributed by atoms with Gasteiger partial charge in [0, 0.05) is 21.3 Å². The molecular weight excluding hydrogens is 352 g/mol. The van der Waals surface area contributed by atoms with E-state index in [4.69, 9.17) is 11.6 Å².